The normalized spacial score (nSPS) is 18.0. The van der Waals surface area contributed by atoms with Crippen LogP contribution in [0.25, 0.3) is 32.1 Å². The van der Waals surface area contributed by atoms with E-state index in [4.69, 9.17) is 20.9 Å². The number of alkyl halides is 4. The van der Waals surface area contributed by atoms with Gasteiger partial charge in [0.1, 0.15) is 64.5 Å². The molecule has 3 aromatic heterocycles. The Morgan fingerprint density at radius 1 is 1.13 bits per heavy atom. The van der Waals surface area contributed by atoms with Crippen LogP contribution in [0.2, 0.25) is 0 Å². The second kappa shape index (κ2) is 13.3. The van der Waals surface area contributed by atoms with Crippen molar-refractivity contribution < 1.29 is 35.8 Å². The standard InChI is InChI=1S/C36H33F6N9O2S/c1-17(21-13-46-16-47-31(21)44)51-10-11-52-29-25-28(48-34(49-33(25)51)53-15-35(6-7-35)14-50-8-4-18(37)5-9-50)27(39)24(26(29)36(40,41)42)19-2-3-22(38)30-23(19)20(12-43)32(45)54-30/h2-3,13,16-18H,4-11,14-15,45H2,1H3,(H2,44,46,47)/t17-/m1/s1. The summed E-state index contributed by atoms with van der Waals surface area (Å²) < 4.78 is 104. The van der Waals surface area contributed by atoms with Crippen LogP contribution >= 0.6 is 11.3 Å². The highest BCUT2D eigenvalue weighted by Crippen LogP contribution is 2.54. The van der Waals surface area contributed by atoms with Gasteiger partial charge in [-0.3, -0.25) is 0 Å². The summed E-state index contributed by atoms with van der Waals surface area (Å²) in [4.78, 5) is 20.9. The van der Waals surface area contributed by atoms with Crippen LogP contribution in [-0.2, 0) is 6.18 Å². The summed E-state index contributed by atoms with van der Waals surface area (Å²) in [5.41, 5.74) is 8.62. The Hall–Kier alpha value is -5.15. The zero-order valence-corrected chi connectivity index (χ0v) is 29.6. The summed E-state index contributed by atoms with van der Waals surface area (Å²) in [7, 11) is 0. The fraction of sp³-hybridized carbons (Fsp3) is 0.417. The zero-order chi connectivity index (χ0) is 38.1. The minimum Gasteiger partial charge on any atom is -0.490 e. The summed E-state index contributed by atoms with van der Waals surface area (Å²) in [5, 5.41) is 9.16. The van der Waals surface area contributed by atoms with Crippen LogP contribution in [0.5, 0.6) is 11.8 Å². The first-order chi connectivity index (χ1) is 25.8. The molecule has 1 saturated heterocycles. The van der Waals surface area contributed by atoms with Crippen LogP contribution in [0, 0.1) is 28.4 Å². The largest absolute Gasteiger partial charge is 0.490 e. The van der Waals surface area contributed by atoms with Gasteiger partial charge < -0.3 is 30.7 Å². The molecule has 54 heavy (non-hydrogen) atoms. The first kappa shape index (κ1) is 35.9. The fourth-order valence-corrected chi connectivity index (χ4v) is 8.51. The molecule has 1 aliphatic carbocycles. The number of thiophene rings is 1. The molecule has 5 heterocycles. The van der Waals surface area contributed by atoms with Crippen molar-refractivity contribution in [3.8, 4) is 29.0 Å². The third-order valence-electron chi connectivity index (χ3n) is 10.6. The van der Waals surface area contributed by atoms with Gasteiger partial charge in [0.25, 0.3) is 0 Å². The Bertz CT molecular complexity index is 2340. The second-order valence-corrected chi connectivity index (χ2v) is 15.1. The monoisotopic (exact) mass is 769 g/mol. The van der Waals surface area contributed by atoms with Crippen LogP contribution in [0.3, 0.4) is 0 Å². The van der Waals surface area contributed by atoms with Gasteiger partial charge in [-0.15, -0.1) is 11.3 Å². The Kier molecular flexibility index (Phi) is 8.83. The minimum atomic E-state index is -5.23. The number of nitrogen functional groups attached to an aromatic ring is 2. The molecule has 5 aromatic rings. The summed E-state index contributed by atoms with van der Waals surface area (Å²) in [6.07, 6.45) is -0.807. The molecule has 18 heteroatoms. The maximum absolute atomic E-state index is 17.4. The van der Waals surface area contributed by atoms with Crippen LogP contribution in [-0.4, -0.2) is 70.4 Å². The van der Waals surface area contributed by atoms with Crippen LogP contribution in [0.4, 0.5) is 43.0 Å². The molecule has 282 valence electrons. The van der Waals surface area contributed by atoms with E-state index in [-0.39, 0.29) is 68.9 Å². The first-order valence-electron chi connectivity index (χ1n) is 17.3. The molecule has 4 N–H and O–H groups in total. The molecule has 0 radical (unpaired) electrons. The molecular formula is C36H33F6N9O2S. The van der Waals surface area contributed by atoms with Crippen LogP contribution in [0.1, 0.15) is 55.3 Å². The Balaban J connectivity index is 1.34. The molecule has 0 bridgehead atoms. The number of aromatic nitrogens is 4. The summed E-state index contributed by atoms with van der Waals surface area (Å²) in [5.74, 6) is -2.97. The predicted molar refractivity (Wildman–Crippen MR) is 190 cm³/mol. The molecule has 8 rings (SSSR count). The van der Waals surface area contributed by atoms with Crippen molar-refractivity contribution in [2.75, 3.05) is 55.8 Å². The molecule has 2 aliphatic heterocycles. The van der Waals surface area contributed by atoms with Crippen molar-refractivity contribution in [3.63, 3.8) is 0 Å². The second-order valence-electron chi connectivity index (χ2n) is 14.0. The van der Waals surface area contributed by atoms with Crippen LogP contribution in [0.15, 0.2) is 24.7 Å². The van der Waals surface area contributed by atoms with E-state index in [1.165, 1.54) is 12.5 Å². The number of piperidine rings is 1. The molecule has 11 nitrogen and oxygen atoms in total. The van der Waals surface area contributed by atoms with Crippen molar-refractivity contribution in [2.24, 2.45) is 5.41 Å². The lowest BCUT2D eigenvalue weighted by molar-refractivity contribution is -0.138. The lowest BCUT2D eigenvalue weighted by Crippen LogP contribution is -2.39. The highest BCUT2D eigenvalue weighted by Gasteiger charge is 2.47. The number of nitriles is 1. The van der Waals surface area contributed by atoms with Gasteiger partial charge in [0.05, 0.1) is 34.8 Å². The van der Waals surface area contributed by atoms with Crippen molar-refractivity contribution in [3.05, 3.63) is 53.0 Å². The number of hydrogen-bond acceptors (Lipinski definition) is 12. The molecule has 3 aliphatic rings. The van der Waals surface area contributed by atoms with E-state index in [1.54, 1.807) is 11.8 Å². The summed E-state index contributed by atoms with van der Waals surface area (Å²) >= 11 is 0.671. The minimum absolute atomic E-state index is 0.0289. The number of halogens is 6. The lowest BCUT2D eigenvalue weighted by Gasteiger charge is -2.32. The molecule has 2 aromatic carbocycles. The molecular weight excluding hydrogens is 737 g/mol. The van der Waals surface area contributed by atoms with Gasteiger partial charge in [-0.2, -0.15) is 28.4 Å². The fourth-order valence-electron chi connectivity index (χ4n) is 7.56. The number of ether oxygens (including phenoxy) is 2. The van der Waals surface area contributed by atoms with Gasteiger partial charge in [-0.1, -0.05) is 6.07 Å². The van der Waals surface area contributed by atoms with Gasteiger partial charge in [-0.25, -0.2) is 23.1 Å². The average Bonchev–Trinajstić information content (AvgIpc) is 3.86. The highest BCUT2D eigenvalue weighted by molar-refractivity contribution is 7.23. The van der Waals surface area contributed by atoms with Crippen molar-refractivity contribution in [1.82, 2.24) is 24.8 Å². The van der Waals surface area contributed by atoms with E-state index in [1.807, 2.05) is 6.07 Å². The van der Waals surface area contributed by atoms with Crippen molar-refractivity contribution >= 4 is 49.0 Å². The lowest BCUT2D eigenvalue weighted by atomic mass is 9.91. The maximum atomic E-state index is 17.4. The quantitative estimate of drug-likeness (QED) is 0.154. The third kappa shape index (κ3) is 6.12. The van der Waals surface area contributed by atoms with Gasteiger partial charge in [0.15, 0.2) is 5.82 Å². The average molecular weight is 770 g/mol. The smallest absolute Gasteiger partial charge is 0.420 e. The number of hydrogen-bond donors (Lipinski definition) is 2. The predicted octanol–water partition coefficient (Wildman–Crippen LogP) is 7.19. The van der Waals surface area contributed by atoms with Gasteiger partial charge >= 0.3 is 12.2 Å². The molecule has 0 amide bonds. The highest BCUT2D eigenvalue weighted by atomic mass is 32.1. The molecule has 1 saturated carbocycles. The van der Waals surface area contributed by atoms with Gasteiger partial charge in [0.2, 0.25) is 0 Å². The van der Waals surface area contributed by atoms with Gasteiger partial charge in [-0.05, 0) is 44.2 Å². The van der Waals surface area contributed by atoms with E-state index in [0.717, 1.165) is 25.0 Å². The van der Waals surface area contributed by atoms with E-state index in [9.17, 15) is 9.65 Å². The Labute approximate surface area is 308 Å². The number of benzene rings is 2. The van der Waals surface area contributed by atoms with Crippen molar-refractivity contribution in [2.45, 2.75) is 51.0 Å². The zero-order valence-electron chi connectivity index (χ0n) is 28.8. The molecule has 2 fully saturated rings. The van der Waals surface area contributed by atoms with Crippen molar-refractivity contribution in [1.29, 1.82) is 5.26 Å². The number of rotatable bonds is 8. The first-order valence-corrected chi connectivity index (χ1v) is 18.1. The van der Waals surface area contributed by atoms with E-state index < -0.39 is 58.0 Å². The number of nitrogens with zero attached hydrogens (tertiary/aromatic N) is 7. The number of likely N-dealkylation sites (tertiary alicyclic amines) is 1. The van der Waals surface area contributed by atoms with E-state index >= 15 is 22.0 Å². The number of anilines is 3. The summed E-state index contributed by atoms with van der Waals surface area (Å²) in [6.45, 7) is 3.38. The van der Waals surface area contributed by atoms with E-state index in [2.05, 4.69) is 24.8 Å². The Morgan fingerprint density at radius 2 is 1.89 bits per heavy atom. The van der Waals surface area contributed by atoms with Gasteiger partial charge in [0, 0.05) is 47.8 Å². The number of fused-ring (bicyclic) bond motifs is 1. The molecule has 0 spiro atoms. The summed E-state index contributed by atoms with van der Waals surface area (Å²) in [6, 6.07) is 2.74. The Morgan fingerprint density at radius 3 is 2.57 bits per heavy atom. The molecule has 0 unspecified atom stereocenters. The third-order valence-corrected chi connectivity index (χ3v) is 11.6. The number of nitrogens with two attached hydrogens (primary N) is 2. The maximum Gasteiger partial charge on any atom is 0.420 e. The topological polar surface area (TPSA) is 152 Å². The van der Waals surface area contributed by atoms with Crippen LogP contribution < -0.4 is 25.8 Å². The van der Waals surface area contributed by atoms with E-state index in [0.29, 0.717) is 49.4 Å². The SMILES string of the molecule is C[C@H](c1cncnc1N)N1CCOc2c(C(F)(F)F)c(-c3ccc(F)c4sc(N)c(C#N)c34)c(F)c3nc(OCC4(CN5CCC(F)CC5)CC4)nc1c23. The molecule has 1 atom stereocenters.